The summed E-state index contributed by atoms with van der Waals surface area (Å²) < 4.78 is 16.7. The van der Waals surface area contributed by atoms with Gasteiger partial charge in [-0.05, 0) is 56.9 Å². The molecular formula is C23H33N3O5. The fourth-order valence-corrected chi connectivity index (χ4v) is 4.76. The summed E-state index contributed by atoms with van der Waals surface area (Å²) in [6, 6.07) is 3.39. The van der Waals surface area contributed by atoms with Gasteiger partial charge in [0.1, 0.15) is 5.56 Å². The minimum atomic E-state index is -0.150. The monoisotopic (exact) mass is 431 g/mol. The number of nitrogens with one attached hydrogen (secondary N) is 1. The predicted octanol–water partition coefficient (Wildman–Crippen LogP) is 2.42. The zero-order chi connectivity index (χ0) is 21.8. The average Bonchev–Trinajstić information content (AvgIpc) is 3.64. The van der Waals surface area contributed by atoms with E-state index in [4.69, 9.17) is 14.2 Å². The topological polar surface area (TPSA) is 90.0 Å². The summed E-state index contributed by atoms with van der Waals surface area (Å²) in [7, 11) is 3.04. The van der Waals surface area contributed by atoms with Crippen molar-refractivity contribution in [3.8, 4) is 11.8 Å². The van der Waals surface area contributed by atoms with Gasteiger partial charge in [-0.25, -0.2) is 0 Å². The molecule has 2 aliphatic heterocycles. The molecule has 1 saturated carbocycles. The molecular weight excluding hydrogens is 398 g/mol. The molecule has 1 unspecified atom stereocenters. The molecule has 0 bridgehead atoms. The molecule has 8 nitrogen and oxygen atoms in total. The van der Waals surface area contributed by atoms with Gasteiger partial charge in [0.25, 0.3) is 5.91 Å². The van der Waals surface area contributed by atoms with Crippen LogP contribution in [-0.2, 0) is 9.53 Å². The van der Waals surface area contributed by atoms with E-state index < -0.39 is 0 Å². The number of amides is 2. The fourth-order valence-electron chi connectivity index (χ4n) is 4.76. The quantitative estimate of drug-likeness (QED) is 0.713. The summed E-state index contributed by atoms with van der Waals surface area (Å²) >= 11 is 0. The van der Waals surface area contributed by atoms with E-state index in [2.05, 4.69) is 10.3 Å². The van der Waals surface area contributed by atoms with Gasteiger partial charge in [-0.1, -0.05) is 0 Å². The summed E-state index contributed by atoms with van der Waals surface area (Å²) in [4.78, 5) is 31.0. The Hall–Kier alpha value is -2.35. The largest absolute Gasteiger partial charge is 0.481 e. The highest BCUT2D eigenvalue weighted by molar-refractivity contribution is 5.96. The summed E-state index contributed by atoms with van der Waals surface area (Å²) in [5.41, 5.74) is 0.302. The highest BCUT2D eigenvalue weighted by atomic mass is 16.5. The van der Waals surface area contributed by atoms with Gasteiger partial charge in [0.15, 0.2) is 0 Å². The van der Waals surface area contributed by atoms with Gasteiger partial charge in [0.05, 0.1) is 19.8 Å². The summed E-state index contributed by atoms with van der Waals surface area (Å²) in [5.74, 6) is 1.67. The number of piperidine rings is 1. The number of methoxy groups -OCH3 is 2. The normalized spacial score (nSPS) is 22.8. The third-order valence-corrected chi connectivity index (χ3v) is 6.82. The Kier molecular flexibility index (Phi) is 6.65. The van der Waals surface area contributed by atoms with Crippen molar-refractivity contribution in [2.75, 3.05) is 40.5 Å². The molecule has 0 aromatic carbocycles. The molecule has 2 saturated heterocycles. The Morgan fingerprint density at radius 3 is 2.65 bits per heavy atom. The molecule has 1 aliphatic carbocycles. The maximum Gasteiger partial charge on any atom is 0.259 e. The Morgan fingerprint density at radius 1 is 1.19 bits per heavy atom. The molecule has 1 atom stereocenters. The van der Waals surface area contributed by atoms with E-state index in [9.17, 15) is 9.59 Å². The van der Waals surface area contributed by atoms with E-state index in [0.29, 0.717) is 30.5 Å². The number of hydrogen-bond acceptors (Lipinski definition) is 6. The highest BCUT2D eigenvalue weighted by Crippen LogP contribution is 2.39. The maximum atomic E-state index is 13.1. The van der Waals surface area contributed by atoms with Crippen molar-refractivity contribution in [1.82, 2.24) is 15.2 Å². The zero-order valence-corrected chi connectivity index (χ0v) is 18.5. The molecule has 3 fully saturated rings. The SMILES string of the molecule is COc1ccc(C(=O)N2CCC3(CC2)CC(CCNC(=O)C2CC2)CCO3)c(OC)n1. The molecule has 8 heteroatoms. The minimum Gasteiger partial charge on any atom is -0.481 e. The van der Waals surface area contributed by atoms with Crippen LogP contribution in [0.3, 0.4) is 0 Å². The molecule has 3 aliphatic rings. The molecule has 1 aromatic heterocycles. The van der Waals surface area contributed by atoms with Crippen LogP contribution in [0.2, 0.25) is 0 Å². The second kappa shape index (κ2) is 9.42. The Bertz CT molecular complexity index is 802. The van der Waals surface area contributed by atoms with Crippen molar-refractivity contribution in [1.29, 1.82) is 0 Å². The lowest BCUT2D eigenvalue weighted by Gasteiger charge is -2.46. The van der Waals surface area contributed by atoms with Crippen molar-refractivity contribution < 1.29 is 23.8 Å². The van der Waals surface area contributed by atoms with Crippen LogP contribution in [0.1, 0.15) is 55.3 Å². The van der Waals surface area contributed by atoms with E-state index in [1.54, 1.807) is 12.1 Å². The Morgan fingerprint density at radius 2 is 1.97 bits per heavy atom. The van der Waals surface area contributed by atoms with Crippen LogP contribution < -0.4 is 14.8 Å². The number of pyridine rings is 1. The first-order valence-corrected chi connectivity index (χ1v) is 11.3. The van der Waals surface area contributed by atoms with Gasteiger partial charge < -0.3 is 24.4 Å². The number of ether oxygens (including phenoxy) is 3. The van der Waals surface area contributed by atoms with Crippen molar-refractivity contribution in [2.45, 2.75) is 50.5 Å². The molecule has 1 N–H and O–H groups in total. The third-order valence-electron chi connectivity index (χ3n) is 6.82. The molecule has 2 amide bonds. The van der Waals surface area contributed by atoms with Gasteiger partial charge in [0.2, 0.25) is 17.7 Å². The lowest BCUT2D eigenvalue weighted by molar-refractivity contribution is -0.125. The predicted molar refractivity (Wildman–Crippen MR) is 114 cm³/mol. The first-order chi connectivity index (χ1) is 15.0. The number of rotatable bonds is 7. The molecule has 0 radical (unpaired) electrons. The maximum absolute atomic E-state index is 13.1. The van der Waals surface area contributed by atoms with Gasteiger partial charge >= 0.3 is 0 Å². The van der Waals surface area contributed by atoms with Crippen molar-refractivity contribution in [2.24, 2.45) is 11.8 Å². The number of nitrogens with zero attached hydrogens (tertiary/aromatic N) is 2. The molecule has 1 aromatic rings. The van der Waals surface area contributed by atoms with Crippen LogP contribution in [0, 0.1) is 11.8 Å². The van der Waals surface area contributed by atoms with Crippen LogP contribution in [0.25, 0.3) is 0 Å². The molecule has 1 spiro atoms. The van der Waals surface area contributed by atoms with Crippen LogP contribution in [0.15, 0.2) is 12.1 Å². The first kappa shape index (κ1) is 21.9. The number of likely N-dealkylation sites (tertiary alicyclic amines) is 1. The minimum absolute atomic E-state index is 0.0722. The van der Waals surface area contributed by atoms with Crippen molar-refractivity contribution in [3.05, 3.63) is 17.7 Å². The third kappa shape index (κ3) is 5.11. The standard InChI is InChI=1S/C23H33N3O5/c1-29-19-6-5-18(21(25-19)30-2)22(28)26-12-9-23(10-13-26)15-16(8-14-31-23)7-11-24-20(27)17-3-4-17/h5-6,16-17H,3-4,7-15H2,1-2H3,(H,24,27). The Balaban J connectivity index is 1.30. The van der Waals surface area contributed by atoms with Gasteiger partial charge in [0, 0.05) is 38.2 Å². The van der Waals surface area contributed by atoms with E-state index in [-0.39, 0.29) is 29.2 Å². The summed E-state index contributed by atoms with van der Waals surface area (Å²) in [5, 5.41) is 3.08. The molecule has 3 heterocycles. The number of hydrogen-bond donors (Lipinski definition) is 1. The number of carbonyl (C=O) groups excluding carboxylic acids is 2. The fraction of sp³-hybridized carbons (Fsp3) is 0.696. The first-order valence-electron chi connectivity index (χ1n) is 11.3. The smallest absolute Gasteiger partial charge is 0.259 e. The highest BCUT2D eigenvalue weighted by Gasteiger charge is 2.41. The number of aromatic nitrogens is 1. The van der Waals surface area contributed by atoms with Crippen molar-refractivity contribution in [3.63, 3.8) is 0 Å². The van der Waals surface area contributed by atoms with E-state index in [1.807, 2.05) is 4.90 Å². The molecule has 31 heavy (non-hydrogen) atoms. The second-order valence-corrected chi connectivity index (χ2v) is 8.95. The van der Waals surface area contributed by atoms with E-state index in [1.165, 1.54) is 14.2 Å². The van der Waals surface area contributed by atoms with Crippen LogP contribution >= 0.6 is 0 Å². The van der Waals surface area contributed by atoms with Crippen molar-refractivity contribution >= 4 is 11.8 Å². The van der Waals surface area contributed by atoms with Gasteiger partial charge in [-0.3, -0.25) is 9.59 Å². The summed E-state index contributed by atoms with van der Waals surface area (Å²) in [6.45, 7) is 2.81. The second-order valence-electron chi connectivity index (χ2n) is 8.95. The van der Waals surface area contributed by atoms with E-state index in [0.717, 1.165) is 58.1 Å². The molecule has 170 valence electrons. The molecule has 4 rings (SSSR count). The van der Waals surface area contributed by atoms with Crippen LogP contribution in [-0.4, -0.2) is 67.8 Å². The van der Waals surface area contributed by atoms with Crippen LogP contribution in [0.4, 0.5) is 0 Å². The average molecular weight is 432 g/mol. The Labute approximate surface area is 183 Å². The lowest BCUT2D eigenvalue weighted by atomic mass is 9.78. The number of carbonyl (C=O) groups is 2. The van der Waals surface area contributed by atoms with Gasteiger partial charge in [-0.15, -0.1) is 0 Å². The lowest BCUT2D eigenvalue weighted by Crippen LogP contribution is -2.51. The summed E-state index contributed by atoms with van der Waals surface area (Å²) in [6.07, 6.45) is 6.78. The zero-order valence-electron chi connectivity index (χ0n) is 18.5. The van der Waals surface area contributed by atoms with E-state index >= 15 is 0 Å². The van der Waals surface area contributed by atoms with Crippen LogP contribution in [0.5, 0.6) is 11.8 Å². The van der Waals surface area contributed by atoms with Gasteiger partial charge in [-0.2, -0.15) is 4.98 Å².